The van der Waals surface area contributed by atoms with Crippen LogP contribution in [-0.2, 0) is 13.0 Å². The minimum Gasteiger partial charge on any atom is -0.497 e. The molecule has 1 heterocycles. The number of rotatable bonds is 5. The van der Waals surface area contributed by atoms with Gasteiger partial charge in [-0.15, -0.1) is 0 Å². The fraction of sp³-hybridized carbons (Fsp3) is 0.286. The molecule has 2 rings (SSSR count). The second kappa shape index (κ2) is 5.56. The molecule has 0 aliphatic heterocycles. The Hall–Kier alpha value is -2.30. The second-order valence-corrected chi connectivity index (χ2v) is 4.26. The Bertz CT molecular complexity index is 590. The smallest absolute Gasteiger partial charge is 0.169 e. The summed E-state index contributed by atoms with van der Waals surface area (Å²) in [4.78, 5) is 12.2. The van der Waals surface area contributed by atoms with Gasteiger partial charge in [0.1, 0.15) is 5.75 Å². The maximum absolute atomic E-state index is 12.2. The third kappa shape index (κ3) is 2.93. The van der Waals surface area contributed by atoms with Gasteiger partial charge in [-0.2, -0.15) is 5.10 Å². The zero-order valence-corrected chi connectivity index (χ0v) is 11.1. The average molecular weight is 259 g/mol. The predicted molar refractivity (Wildman–Crippen MR) is 73.3 cm³/mol. The molecule has 5 nitrogen and oxygen atoms in total. The van der Waals surface area contributed by atoms with Crippen LogP contribution in [0.2, 0.25) is 0 Å². The van der Waals surface area contributed by atoms with Gasteiger partial charge in [-0.25, -0.2) is 0 Å². The molecule has 0 unspecified atom stereocenters. The lowest BCUT2D eigenvalue weighted by Gasteiger charge is -2.06. The minimum absolute atomic E-state index is 0.0178. The molecule has 0 radical (unpaired) electrons. The lowest BCUT2D eigenvalue weighted by Crippen LogP contribution is -2.07. The van der Waals surface area contributed by atoms with E-state index in [-0.39, 0.29) is 5.78 Å². The summed E-state index contributed by atoms with van der Waals surface area (Å²) in [6.07, 6.45) is 3.88. The Morgan fingerprint density at radius 2 is 2.26 bits per heavy atom. The summed E-state index contributed by atoms with van der Waals surface area (Å²) < 4.78 is 6.85. The van der Waals surface area contributed by atoms with Crippen LogP contribution in [0, 0.1) is 0 Å². The van der Waals surface area contributed by atoms with Gasteiger partial charge in [-0.1, -0.05) is 0 Å². The standard InChI is InChI=1S/C14H17N3O2/c1-3-17-9-10(8-16-17)6-14(18)12-5-4-11(19-2)7-13(12)15/h4-5,7-9H,3,6,15H2,1-2H3. The summed E-state index contributed by atoms with van der Waals surface area (Å²) in [7, 11) is 1.56. The maximum Gasteiger partial charge on any atom is 0.169 e. The summed E-state index contributed by atoms with van der Waals surface area (Å²) >= 11 is 0. The molecule has 0 aliphatic carbocycles. The van der Waals surface area contributed by atoms with Gasteiger partial charge in [-0.05, 0) is 24.6 Å². The lowest BCUT2D eigenvalue weighted by molar-refractivity contribution is 0.0994. The SMILES string of the molecule is CCn1cc(CC(=O)c2ccc(OC)cc2N)cn1. The van der Waals surface area contributed by atoms with Crippen LogP contribution in [0.4, 0.5) is 5.69 Å². The van der Waals surface area contributed by atoms with Crippen molar-refractivity contribution in [3.8, 4) is 5.75 Å². The molecule has 1 aromatic heterocycles. The van der Waals surface area contributed by atoms with Gasteiger partial charge in [0.2, 0.25) is 0 Å². The Morgan fingerprint density at radius 1 is 1.47 bits per heavy atom. The van der Waals surface area contributed by atoms with Crippen LogP contribution >= 0.6 is 0 Å². The zero-order chi connectivity index (χ0) is 13.8. The van der Waals surface area contributed by atoms with E-state index in [1.54, 1.807) is 36.2 Å². The fourth-order valence-corrected chi connectivity index (χ4v) is 1.87. The number of methoxy groups -OCH3 is 1. The van der Waals surface area contributed by atoms with E-state index in [1.807, 2.05) is 13.1 Å². The number of carbonyl (C=O) groups is 1. The molecule has 0 atom stereocenters. The van der Waals surface area contributed by atoms with Crippen molar-refractivity contribution in [1.29, 1.82) is 0 Å². The topological polar surface area (TPSA) is 70.1 Å². The number of Topliss-reactive ketones (excluding diaryl/α,β-unsaturated/α-hetero) is 1. The van der Waals surface area contributed by atoms with Crippen LogP contribution in [0.25, 0.3) is 0 Å². The number of nitrogen functional groups attached to an aromatic ring is 1. The molecule has 0 fully saturated rings. The number of anilines is 1. The first-order valence-electron chi connectivity index (χ1n) is 6.12. The van der Waals surface area contributed by atoms with E-state index >= 15 is 0 Å². The van der Waals surface area contributed by atoms with Crippen molar-refractivity contribution in [3.05, 3.63) is 41.7 Å². The number of aryl methyl sites for hydroxylation is 1. The Labute approximate surface area is 112 Å². The molecule has 0 aliphatic rings. The number of ketones is 1. The highest BCUT2D eigenvalue weighted by molar-refractivity contribution is 6.02. The molecule has 5 heteroatoms. The molecular weight excluding hydrogens is 242 g/mol. The fourth-order valence-electron chi connectivity index (χ4n) is 1.87. The monoisotopic (exact) mass is 259 g/mol. The van der Waals surface area contributed by atoms with E-state index in [4.69, 9.17) is 10.5 Å². The van der Waals surface area contributed by atoms with Gasteiger partial charge in [0.25, 0.3) is 0 Å². The molecule has 0 spiro atoms. The van der Waals surface area contributed by atoms with Crippen molar-refractivity contribution in [1.82, 2.24) is 9.78 Å². The highest BCUT2D eigenvalue weighted by Crippen LogP contribution is 2.21. The van der Waals surface area contributed by atoms with Gasteiger partial charge < -0.3 is 10.5 Å². The number of benzene rings is 1. The van der Waals surface area contributed by atoms with E-state index in [2.05, 4.69) is 5.10 Å². The molecule has 2 aromatic rings. The van der Waals surface area contributed by atoms with Crippen LogP contribution in [0.3, 0.4) is 0 Å². The van der Waals surface area contributed by atoms with Crippen molar-refractivity contribution in [2.45, 2.75) is 19.9 Å². The Kier molecular flexibility index (Phi) is 3.85. The van der Waals surface area contributed by atoms with Crippen LogP contribution < -0.4 is 10.5 Å². The minimum atomic E-state index is -0.0178. The Morgan fingerprint density at radius 3 is 2.84 bits per heavy atom. The van der Waals surface area contributed by atoms with Crippen molar-refractivity contribution >= 4 is 11.5 Å². The number of carbonyl (C=O) groups excluding carboxylic acids is 1. The number of hydrogen-bond acceptors (Lipinski definition) is 4. The number of ether oxygens (including phenoxy) is 1. The van der Waals surface area contributed by atoms with Gasteiger partial charge in [-0.3, -0.25) is 9.48 Å². The van der Waals surface area contributed by atoms with Crippen LogP contribution in [0.1, 0.15) is 22.8 Å². The summed E-state index contributed by atoms with van der Waals surface area (Å²) in [5.74, 6) is 0.628. The Balaban J connectivity index is 2.15. The largest absolute Gasteiger partial charge is 0.497 e. The third-order valence-corrected chi connectivity index (χ3v) is 2.93. The predicted octanol–water partition coefficient (Wildman–Crippen LogP) is 1.92. The first-order chi connectivity index (χ1) is 9.13. The molecule has 0 saturated carbocycles. The number of nitrogens with zero attached hydrogens (tertiary/aromatic N) is 2. The zero-order valence-electron chi connectivity index (χ0n) is 11.1. The average Bonchev–Trinajstić information content (AvgIpc) is 2.86. The van der Waals surface area contributed by atoms with Crippen molar-refractivity contribution in [2.75, 3.05) is 12.8 Å². The third-order valence-electron chi connectivity index (χ3n) is 2.93. The quantitative estimate of drug-likeness (QED) is 0.658. The molecule has 2 N–H and O–H groups in total. The summed E-state index contributed by atoms with van der Waals surface area (Å²) in [5.41, 5.74) is 7.71. The van der Waals surface area contributed by atoms with E-state index in [0.717, 1.165) is 12.1 Å². The summed E-state index contributed by atoms with van der Waals surface area (Å²) in [6, 6.07) is 5.09. The second-order valence-electron chi connectivity index (χ2n) is 4.26. The van der Waals surface area contributed by atoms with Gasteiger partial charge >= 0.3 is 0 Å². The molecule has 0 saturated heterocycles. The molecule has 1 aromatic carbocycles. The summed E-state index contributed by atoms with van der Waals surface area (Å²) in [6.45, 7) is 2.79. The first-order valence-corrected chi connectivity index (χ1v) is 6.12. The molecule has 0 amide bonds. The van der Waals surface area contributed by atoms with Gasteiger partial charge in [0, 0.05) is 36.5 Å². The highest BCUT2D eigenvalue weighted by Gasteiger charge is 2.12. The molecule has 100 valence electrons. The van der Waals surface area contributed by atoms with E-state index < -0.39 is 0 Å². The number of aromatic nitrogens is 2. The van der Waals surface area contributed by atoms with Crippen LogP contribution in [0.15, 0.2) is 30.6 Å². The highest BCUT2D eigenvalue weighted by atomic mass is 16.5. The molecule has 19 heavy (non-hydrogen) atoms. The number of hydrogen-bond donors (Lipinski definition) is 1. The van der Waals surface area contributed by atoms with Crippen molar-refractivity contribution in [2.24, 2.45) is 0 Å². The van der Waals surface area contributed by atoms with E-state index in [9.17, 15) is 4.79 Å². The van der Waals surface area contributed by atoms with Crippen molar-refractivity contribution < 1.29 is 9.53 Å². The van der Waals surface area contributed by atoms with Crippen LogP contribution in [0.5, 0.6) is 5.75 Å². The van der Waals surface area contributed by atoms with E-state index in [0.29, 0.717) is 23.4 Å². The number of nitrogens with two attached hydrogens (primary N) is 1. The summed E-state index contributed by atoms with van der Waals surface area (Å²) in [5, 5.41) is 4.14. The van der Waals surface area contributed by atoms with E-state index in [1.165, 1.54) is 0 Å². The van der Waals surface area contributed by atoms with Gasteiger partial charge in [0.15, 0.2) is 5.78 Å². The first kappa shape index (κ1) is 13.1. The molecular formula is C14H17N3O2. The normalized spacial score (nSPS) is 10.4. The molecule has 0 bridgehead atoms. The van der Waals surface area contributed by atoms with Crippen molar-refractivity contribution in [3.63, 3.8) is 0 Å². The maximum atomic E-state index is 12.2. The lowest BCUT2D eigenvalue weighted by atomic mass is 10.0. The van der Waals surface area contributed by atoms with Crippen LogP contribution in [-0.4, -0.2) is 22.7 Å². The van der Waals surface area contributed by atoms with Gasteiger partial charge in [0.05, 0.1) is 13.3 Å².